The van der Waals surface area contributed by atoms with E-state index in [2.05, 4.69) is 19.2 Å². The number of nitrogens with two attached hydrogens (primary N) is 1. The zero-order valence-corrected chi connectivity index (χ0v) is 12.4. The third kappa shape index (κ3) is 2.89. The van der Waals surface area contributed by atoms with Gasteiger partial charge in [-0.1, -0.05) is 31.9 Å². The zero-order valence-electron chi connectivity index (χ0n) is 11.6. The van der Waals surface area contributed by atoms with Crippen LogP contribution in [-0.2, 0) is 0 Å². The van der Waals surface area contributed by atoms with Gasteiger partial charge < -0.3 is 11.1 Å². The van der Waals surface area contributed by atoms with Crippen molar-refractivity contribution in [3.05, 3.63) is 28.6 Å². The quantitative estimate of drug-likeness (QED) is 0.897. The Kier molecular flexibility index (Phi) is 4.10. The average molecular weight is 276 g/mol. The standard InChI is InChI=1S/C15H20N2OS/c1-4-9(2)8-17-15(18)14-13(16)11-7-10(3)5-6-12(11)19-14/h5-7,9H,4,8,16H2,1-3H3,(H,17,18). The second-order valence-electron chi connectivity index (χ2n) is 5.07. The van der Waals surface area contributed by atoms with Crippen LogP contribution in [0.15, 0.2) is 18.2 Å². The van der Waals surface area contributed by atoms with E-state index < -0.39 is 0 Å². The highest BCUT2D eigenvalue weighted by Gasteiger charge is 2.16. The van der Waals surface area contributed by atoms with E-state index >= 15 is 0 Å². The summed E-state index contributed by atoms with van der Waals surface area (Å²) in [6.45, 7) is 6.96. The average Bonchev–Trinajstić information content (AvgIpc) is 2.73. The second kappa shape index (κ2) is 5.61. The van der Waals surface area contributed by atoms with Gasteiger partial charge in [0.15, 0.2) is 0 Å². The molecule has 0 aliphatic heterocycles. The SMILES string of the molecule is CCC(C)CNC(=O)c1sc2ccc(C)cc2c1N. The summed E-state index contributed by atoms with van der Waals surface area (Å²) in [7, 11) is 0. The molecule has 102 valence electrons. The molecular weight excluding hydrogens is 256 g/mol. The Morgan fingerprint density at radius 2 is 2.21 bits per heavy atom. The monoisotopic (exact) mass is 276 g/mol. The highest BCUT2D eigenvalue weighted by molar-refractivity contribution is 7.21. The van der Waals surface area contributed by atoms with Crippen LogP contribution in [0.4, 0.5) is 5.69 Å². The van der Waals surface area contributed by atoms with Gasteiger partial charge in [-0.05, 0) is 25.0 Å². The summed E-state index contributed by atoms with van der Waals surface area (Å²) in [5.74, 6) is 0.429. The van der Waals surface area contributed by atoms with Crippen LogP contribution in [-0.4, -0.2) is 12.5 Å². The first-order chi connectivity index (χ1) is 9.02. The normalized spacial score (nSPS) is 12.6. The first-order valence-corrected chi connectivity index (χ1v) is 7.41. The molecule has 1 heterocycles. The molecule has 3 nitrogen and oxygen atoms in total. The van der Waals surface area contributed by atoms with Gasteiger partial charge in [-0.15, -0.1) is 11.3 Å². The molecule has 0 bridgehead atoms. The molecule has 0 saturated carbocycles. The van der Waals surface area contributed by atoms with E-state index in [1.54, 1.807) is 0 Å². The third-order valence-corrected chi connectivity index (χ3v) is 4.58. The molecule has 4 heteroatoms. The largest absolute Gasteiger partial charge is 0.397 e. The lowest BCUT2D eigenvalue weighted by molar-refractivity contribution is 0.0953. The predicted octanol–water partition coefficient (Wildman–Crippen LogP) is 3.57. The Hall–Kier alpha value is -1.55. The van der Waals surface area contributed by atoms with Crippen molar-refractivity contribution in [2.75, 3.05) is 12.3 Å². The van der Waals surface area contributed by atoms with Crippen LogP contribution in [0.5, 0.6) is 0 Å². The summed E-state index contributed by atoms with van der Waals surface area (Å²) < 4.78 is 1.07. The topological polar surface area (TPSA) is 55.1 Å². The van der Waals surface area contributed by atoms with Gasteiger partial charge in [0.2, 0.25) is 0 Å². The number of carbonyl (C=O) groups excluding carboxylic acids is 1. The fraction of sp³-hybridized carbons (Fsp3) is 0.400. The Balaban J connectivity index is 2.25. The Bertz CT molecular complexity index is 603. The molecule has 0 spiro atoms. The number of nitrogens with one attached hydrogen (secondary N) is 1. The number of nitrogen functional groups attached to an aromatic ring is 1. The van der Waals surface area contributed by atoms with Gasteiger partial charge in [0.05, 0.1) is 5.69 Å². The van der Waals surface area contributed by atoms with Crippen molar-refractivity contribution in [3.8, 4) is 0 Å². The Morgan fingerprint density at radius 1 is 1.47 bits per heavy atom. The van der Waals surface area contributed by atoms with Crippen molar-refractivity contribution in [3.63, 3.8) is 0 Å². The molecule has 0 aliphatic carbocycles. The predicted molar refractivity (Wildman–Crippen MR) is 82.8 cm³/mol. The minimum Gasteiger partial charge on any atom is -0.397 e. The van der Waals surface area contributed by atoms with Crippen LogP contribution in [0, 0.1) is 12.8 Å². The summed E-state index contributed by atoms with van der Waals surface area (Å²) in [4.78, 5) is 12.8. The highest BCUT2D eigenvalue weighted by Crippen LogP contribution is 2.34. The molecule has 19 heavy (non-hydrogen) atoms. The van der Waals surface area contributed by atoms with Crippen LogP contribution >= 0.6 is 11.3 Å². The van der Waals surface area contributed by atoms with E-state index in [0.717, 1.165) is 22.1 Å². The summed E-state index contributed by atoms with van der Waals surface area (Å²) in [5, 5.41) is 3.94. The molecule has 2 aromatic rings. The smallest absolute Gasteiger partial charge is 0.263 e. The minimum absolute atomic E-state index is 0.0587. The molecule has 1 amide bonds. The van der Waals surface area contributed by atoms with Crippen LogP contribution in [0.2, 0.25) is 0 Å². The molecule has 2 rings (SSSR count). The van der Waals surface area contributed by atoms with E-state index in [4.69, 9.17) is 5.73 Å². The maximum absolute atomic E-state index is 12.2. The van der Waals surface area contributed by atoms with Gasteiger partial charge in [0, 0.05) is 16.6 Å². The number of aryl methyl sites for hydroxylation is 1. The van der Waals surface area contributed by atoms with Gasteiger partial charge in [-0.25, -0.2) is 0 Å². The molecular formula is C15H20N2OS. The number of benzene rings is 1. The fourth-order valence-electron chi connectivity index (χ4n) is 1.89. The van der Waals surface area contributed by atoms with E-state index in [-0.39, 0.29) is 5.91 Å². The van der Waals surface area contributed by atoms with E-state index in [1.165, 1.54) is 11.3 Å². The number of amides is 1. The molecule has 0 saturated heterocycles. The molecule has 1 aromatic heterocycles. The van der Waals surface area contributed by atoms with E-state index in [1.807, 2.05) is 25.1 Å². The van der Waals surface area contributed by atoms with Gasteiger partial charge in [-0.2, -0.15) is 0 Å². The van der Waals surface area contributed by atoms with Crippen molar-refractivity contribution in [2.45, 2.75) is 27.2 Å². The van der Waals surface area contributed by atoms with Crippen LogP contribution in [0.1, 0.15) is 35.5 Å². The van der Waals surface area contributed by atoms with Crippen LogP contribution in [0.3, 0.4) is 0 Å². The third-order valence-electron chi connectivity index (χ3n) is 3.40. The number of fused-ring (bicyclic) bond motifs is 1. The first-order valence-electron chi connectivity index (χ1n) is 6.59. The molecule has 0 radical (unpaired) electrons. The molecule has 1 aromatic carbocycles. The zero-order chi connectivity index (χ0) is 14.0. The number of hydrogen-bond acceptors (Lipinski definition) is 3. The summed E-state index contributed by atoms with van der Waals surface area (Å²) >= 11 is 1.46. The maximum Gasteiger partial charge on any atom is 0.263 e. The fourth-order valence-corrected chi connectivity index (χ4v) is 2.91. The maximum atomic E-state index is 12.2. The van der Waals surface area contributed by atoms with Gasteiger partial charge in [-0.3, -0.25) is 4.79 Å². The number of hydrogen-bond donors (Lipinski definition) is 2. The number of rotatable bonds is 4. The van der Waals surface area contributed by atoms with Crippen molar-refractivity contribution < 1.29 is 4.79 Å². The van der Waals surface area contributed by atoms with Crippen molar-refractivity contribution in [1.29, 1.82) is 0 Å². The van der Waals surface area contributed by atoms with Crippen molar-refractivity contribution >= 4 is 33.0 Å². The summed E-state index contributed by atoms with van der Waals surface area (Å²) in [6, 6.07) is 6.10. The van der Waals surface area contributed by atoms with Crippen LogP contribution in [0.25, 0.3) is 10.1 Å². The molecule has 0 fully saturated rings. The lowest BCUT2D eigenvalue weighted by atomic mass is 10.1. The molecule has 1 atom stereocenters. The van der Waals surface area contributed by atoms with E-state index in [9.17, 15) is 4.79 Å². The number of anilines is 1. The minimum atomic E-state index is -0.0587. The second-order valence-corrected chi connectivity index (χ2v) is 6.12. The lowest BCUT2D eigenvalue weighted by Gasteiger charge is -2.09. The van der Waals surface area contributed by atoms with Crippen LogP contribution < -0.4 is 11.1 Å². The van der Waals surface area contributed by atoms with Crippen molar-refractivity contribution in [1.82, 2.24) is 5.32 Å². The molecule has 3 N–H and O–H groups in total. The number of carbonyl (C=O) groups is 1. The molecule has 0 aliphatic rings. The van der Waals surface area contributed by atoms with Crippen molar-refractivity contribution in [2.24, 2.45) is 5.92 Å². The summed E-state index contributed by atoms with van der Waals surface area (Å²) in [6.07, 6.45) is 1.06. The lowest BCUT2D eigenvalue weighted by Crippen LogP contribution is -2.27. The molecule has 1 unspecified atom stereocenters. The van der Waals surface area contributed by atoms with Gasteiger partial charge in [0.1, 0.15) is 4.88 Å². The highest BCUT2D eigenvalue weighted by atomic mass is 32.1. The van der Waals surface area contributed by atoms with E-state index in [0.29, 0.717) is 23.0 Å². The van der Waals surface area contributed by atoms with Gasteiger partial charge in [0.25, 0.3) is 5.91 Å². The summed E-state index contributed by atoms with van der Waals surface area (Å²) in [5.41, 5.74) is 7.86. The number of thiophene rings is 1. The Labute approximate surface area is 117 Å². The van der Waals surface area contributed by atoms with Gasteiger partial charge >= 0.3 is 0 Å². The Morgan fingerprint density at radius 3 is 2.89 bits per heavy atom. The first kappa shape index (κ1) is 13.9.